The van der Waals surface area contributed by atoms with Crippen LogP contribution in [0, 0.1) is 5.82 Å². The molecule has 0 bridgehead atoms. The Kier molecular flexibility index (Phi) is 5.00. The van der Waals surface area contributed by atoms with Crippen LogP contribution in [0.25, 0.3) is 11.0 Å². The average Bonchev–Trinajstić information content (AvgIpc) is 2.71. The number of benzene rings is 1. The van der Waals surface area contributed by atoms with Crippen LogP contribution in [0.15, 0.2) is 30.7 Å². The van der Waals surface area contributed by atoms with E-state index >= 15 is 0 Å². The first-order valence-corrected chi connectivity index (χ1v) is 9.13. The predicted octanol–water partition coefficient (Wildman–Crippen LogP) is 3.14. The second kappa shape index (κ2) is 7.58. The lowest BCUT2D eigenvalue weighted by atomic mass is 10.1. The summed E-state index contributed by atoms with van der Waals surface area (Å²) >= 11 is 5.87. The van der Waals surface area contributed by atoms with Crippen molar-refractivity contribution in [2.75, 3.05) is 30.4 Å². The van der Waals surface area contributed by atoms with Gasteiger partial charge in [-0.1, -0.05) is 11.6 Å². The first-order valence-electron chi connectivity index (χ1n) is 8.75. The molecule has 7 nitrogen and oxygen atoms in total. The van der Waals surface area contributed by atoms with Gasteiger partial charge in [0.2, 0.25) is 5.95 Å². The van der Waals surface area contributed by atoms with Gasteiger partial charge in [0.05, 0.1) is 11.2 Å². The molecule has 3 heterocycles. The topological polar surface area (TPSA) is 78.9 Å². The van der Waals surface area contributed by atoms with Crippen molar-refractivity contribution in [1.82, 2.24) is 25.3 Å². The standard InChI is InChI=1S/C18H19ClFN7/c1-27(12-3-2-6-21-8-12)18-22-9-15-16(26-18)17(24-10-23-15)25-11-4-5-14(20)13(19)7-11/h4-5,7,9-10,12,21H,2-3,6,8H2,1H3,(H,23,24,25). The summed E-state index contributed by atoms with van der Waals surface area (Å²) < 4.78 is 13.4. The lowest BCUT2D eigenvalue weighted by Crippen LogP contribution is -2.44. The first kappa shape index (κ1) is 17.8. The number of rotatable bonds is 4. The van der Waals surface area contributed by atoms with Crippen LogP contribution in [0.3, 0.4) is 0 Å². The number of fused-ring (bicyclic) bond motifs is 1. The molecule has 2 N–H and O–H groups in total. The third kappa shape index (κ3) is 3.77. The van der Waals surface area contributed by atoms with Crippen molar-refractivity contribution in [3.8, 4) is 0 Å². The van der Waals surface area contributed by atoms with Gasteiger partial charge in [0.1, 0.15) is 23.2 Å². The van der Waals surface area contributed by atoms with Crippen LogP contribution >= 0.6 is 11.6 Å². The molecule has 1 unspecified atom stereocenters. The zero-order valence-corrected chi connectivity index (χ0v) is 15.5. The molecule has 0 amide bonds. The third-order valence-corrected chi connectivity index (χ3v) is 4.97. The maximum atomic E-state index is 13.4. The number of anilines is 3. The summed E-state index contributed by atoms with van der Waals surface area (Å²) in [4.78, 5) is 19.7. The fourth-order valence-corrected chi connectivity index (χ4v) is 3.32. The Morgan fingerprint density at radius 3 is 2.96 bits per heavy atom. The highest BCUT2D eigenvalue weighted by Crippen LogP contribution is 2.26. The number of nitrogens with zero attached hydrogens (tertiary/aromatic N) is 5. The average molecular weight is 388 g/mol. The third-order valence-electron chi connectivity index (χ3n) is 4.68. The quantitative estimate of drug-likeness (QED) is 0.711. The normalized spacial score (nSPS) is 17.1. The zero-order valence-electron chi connectivity index (χ0n) is 14.8. The van der Waals surface area contributed by atoms with E-state index in [0.717, 1.165) is 25.9 Å². The van der Waals surface area contributed by atoms with Gasteiger partial charge in [-0.2, -0.15) is 0 Å². The van der Waals surface area contributed by atoms with Gasteiger partial charge in [-0.25, -0.2) is 24.3 Å². The first-order chi connectivity index (χ1) is 13.1. The van der Waals surface area contributed by atoms with E-state index in [0.29, 0.717) is 34.5 Å². The lowest BCUT2D eigenvalue weighted by molar-refractivity contribution is 0.441. The van der Waals surface area contributed by atoms with E-state index < -0.39 is 5.82 Å². The van der Waals surface area contributed by atoms with Gasteiger partial charge in [0.15, 0.2) is 5.82 Å². The van der Waals surface area contributed by atoms with E-state index in [2.05, 4.69) is 35.5 Å². The molecule has 1 aromatic carbocycles. The second-order valence-corrected chi connectivity index (χ2v) is 6.90. The smallest absolute Gasteiger partial charge is 0.226 e. The van der Waals surface area contributed by atoms with Crippen LogP contribution in [0.2, 0.25) is 5.02 Å². The van der Waals surface area contributed by atoms with Crippen LogP contribution in [0.1, 0.15) is 12.8 Å². The molecule has 3 aromatic rings. The van der Waals surface area contributed by atoms with E-state index in [9.17, 15) is 4.39 Å². The SMILES string of the molecule is CN(c1ncc2ncnc(Nc3ccc(F)c(Cl)c3)c2n1)C1CCCNC1. The number of nitrogens with one attached hydrogen (secondary N) is 2. The molecule has 0 saturated carbocycles. The van der Waals surface area contributed by atoms with E-state index in [1.165, 1.54) is 18.5 Å². The maximum absolute atomic E-state index is 13.4. The summed E-state index contributed by atoms with van der Waals surface area (Å²) in [7, 11) is 2.00. The molecule has 4 rings (SSSR count). The fourth-order valence-electron chi connectivity index (χ4n) is 3.14. The molecule has 1 aliphatic heterocycles. The Morgan fingerprint density at radius 2 is 2.19 bits per heavy atom. The number of aromatic nitrogens is 4. The summed E-state index contributed by atoms with van der Waals surface area (Å²) in [5.41, 5.74) is 1.84. The van der Waals surface area contributed by atoms with Crippen LogP contribution in [0.5, 0.6) is 0 Å². The number of piperidine rings is 1. The number of hydrogen-bond donors (Lipinski definition) is 2. The van der Waals surface area contributed by atoms with Crippen LogP contribution in [0.4, 0.5) is 21.8 Å². The summed E-state index contributed by atoms with van der Waals surface area (Å²) in [6.07, 6.45) is 5.35. The van der Waals surface area contributed by atoms with Crippen molar-refractivity contribution in [2.45, 2.75) is 18.9 Å². The molecule has 9 heteroatoms. The number of hydrogen-bond acceptors (Lipinski definition) is 7. The lowest BCUT2D eigenvalue weighted by Gasteiger charge is -2.31. The van der Waals surface area contributed by atoms with Crippen molar-refractivity contribution >= 4 is 40.1 Å². The van der Waals surface area contributed by atoms with Gasteiger partial charge in [0.25, 0.3) is 0 Å². The van der Waals surface area contributed by atoms with E-state index in [-0.39, 0.29) is 5.02 Å². The minimum Gasteiger partial charge on any atom is -0.340 e. The second-order valence-electron chi connectivity index (χ2n) is 6.49. The monoisotopic (exact) mass is 387 g/mol. The van der Waals surface area contributed by atoms with Crippen LogP contribution < -0.4 is 15.5 Å². The molecule has 1 saturated heterocycles. The Hall–Kier alpha value is -2.58. The molecule has 1 aliphatic rings. The highest BCUT2D eigenvalue weighted by Gasteiger charge is 2.20. The Bertz CT molecular complexity index is 962. The molecule has 2 aromatic heterocycles. The minimum atomic E-state index is -0.470. The molecule has 0 radical (unpaired) electrons. The molecule has 27 heavy (non-hydrogen) atoms. The molecular formula is C18H19ClFN7. The summed E-state index contributed by atoms with van der Waals surface area (Å²) in [6.45, 7) is 1.95. The van der Waals surface area contributed by atoms with Crippen LogP contribution in [-0.2, 0) is 0 Å². The maximum Gasteiger partial charge on any atom is 0.226 e. The van der Waals surface area contributed by atoms with Gasteiger partial charge in [-0.15, -0.1) is 0 Å². The largest absolute Gasteiger partial charge is 0.340 e. The molecule has 0 spiro atoms. The summed E-state index contributed by atoms with van der Waals surface area (Å²) in [5.74, 6) is 0.662. The van der Waals surface area contributed by atoms with Gasteiger partial charge in [-0.05, 0) is 37.6 Å². The van der Waals surface area contributed by atoms with Crippen molar-refractivity contribution in [3.63, 3.8) is 0 Å². The van der Waals surface area contributed by atoms with Gasteiger partial charge in [-0.3, -0.25) is 0 Å². The van der Waals surface area contributed by atoms with Crippen molar-refractivity contribution < 1.29 is 4.39 Å². The molecule has 1 fully saturated rings. The highest BCUT2D eigenvalue weighted by atomic mass is 35.5. The predicted molar refractivity (Wildman–Crippen MR) is 104 cm³/mol. The summed E-state index contributed by atoms with van der Waals surface area (Å²) in [5, 5.41) is 6.58. The highest BCUT2D eigenvalue weighted by molar-refractivity contribution is 6.31. The van der Waals surface area contributed by atoms with Crippen molar-refractivity contribution in [1.29, 1.82) is 0 Å². The Morgan fingerprint density at radius 1 is 1.30 bits per heavy atom. The zero-order chi connectivity index (χ0) is 18.8. The molecule has 1 atom stereocenters. The van der Waals surface area contributed by atoms with E-state index in [1.807, 2.05) is 7.05 Å². The van der Waals surface area contributed by atoms with E-state index in [4.69, 9.17) is 11.6 Å². The minimum absolute atomic E-state index is 0.0400. The number of likely N-dealkylation sites (N-methyl/N-ethyl adjacent to an activating group) is 1. The fraction of sp³-hybridized carbons (Fsp3) is 0.333. The Balaban J connectivity index is 1.67. The number of halogens is 2. The molecule has 0 aliphatic carbocycles. The van der Waals surface area contributed by atoms with Gasteiger partial charge in [0, 0.05) is 25.3 Å². The van der Waals surface area contributed by atoms with Gasteiger partial charge < -0.3 is 15.5 Å². The van der Waals surface area contributed by atoms with Crippen molar-refractivity contribution in [2.24, 2.45) is 0 Å². The summed E-state index contributed by atoms with van der Waals surface area (Å²) in [6, 6.07) is 4.75. The van der Waals surface area contributed by atoms with Gasteiger partial charge >= 0.3 is 0 Å². The van der Waals surface area contributed by atoms with Crippen LogP contribution in [-0.4, -0.2) is 46.1 Å². The molecule has 140 valence electrons. The van der Waals surface area contributed by atoms with Crippen molar-refractivity contribution in [3.05, 3.63) is 41.6 Å². The van der Waals surface area contributed by atoms with E-state index in [1.54, 1.807) is 12.3 Å². The Labute approximate surface area is 161 Å². The molecular weight excluding hydrogens is 369 g/mol.